The lowest BCUT2D eigenvalue weighted by Gasteiger charge is -2.15. The fraction of sp³-hybridized carbons (Fsp3) is 0.385. The molecule has 94 valence electrons. The Bertz CT molecular complexity index is 576. The summed E-state index contributed by atoms with van der Waals surface area (Å²) in [6.45, 7) is 0.271. The molecule has 0 saturated carbocycles. The van der Waals surface area contributed by atoms with Crippen LogP contribution in [0.15, 0.2) is 18.6 Å². The molecule has 0 atom stereocenters. The Morgan fingerprint density at radius 3 is 2.94 bits per heavy atom. The molecule has 0 radical (unpaired) electrons. The van der Waals surface area contributed by atoms with E-state index in [0.29, 0.717) is 11.4 Å². The lowest BCUT2D eigenvalue weighted by molar-refractivity contribution is 0.614. The van der Waals surface area contributed by atoms with Gasteiger partial charge in [0, 0.05) is 17.8 Å². The van der Waals surface area contributed by atoms with E-state index in [-0.39, 0.29) is 12.4 Å². The van der Waals surface area contributed by atoms with Gasteiger partial charge in [-0.2, -0.15) is 0 Å². The summed E-state index contributed by atoms with van der Waals surface area (Å²) < 4.78 is 15.1. The highest BCUT2D eigenvalue weighted by molar-refractivity contribution is 5.37. The van der Waals surface area contributed by atoms with Crippen LogP contribution in [0.3, 0.4) is 0 Å². The smallest absolute Gasteiger partial charge is 0.142 e. The van der Waals surface area contributed by atoms with Gasteiger partial charge in [0.25, 0.3) is 0 Å². The normalized spacial score (nSPS) is 14.6. The van der Waals surface area contributed by atoms with Crippen molar-refractivity contribution in [2.75, 3.05) is 0 Å². The molecule has 4 nitrogen and oxygen atoms in total. The van der Waals surface area contributed by atoms with E-state index in [2.05, 4.69) is 9.97 Å². The molecule has 2 heterocycles. The highest BCUT2D eigenvalue weighted by Gasteiger charge is 2.18. The van der Waals surface area contributed by atoms with Crippen molar-refractivity contribution in [3.8, 4) is 5.82 Å². The number of fused-ring (bicyclic) bond motifs is 1. The summed E-state index contributed by atoms with van der Waals surface area (Å²) >= 11 is 0. The number of pyridine rings is 1. The summed E-state index contributed by atoms with van der Waals surface area (Å²) in [7, 11) is 0. The minimum atomic E-state index is -0.354. The van der Waals surface area contributed by atoms with Crippen LogP contribution < -0.4 is 5.73 Å². The molecule has 1 aliphatic rings. The molecule has 0 fully saturated rings. The highest BCUT2D eigenvalue weighted by Crippen LogP contribution is 2.23. The molecule has 3 rings (SSSR count). The van der Waals surface area contributed by atoms with Crippen LogP contribution in [0.1, 0.15) is 29.8 Å². The minimum Gasteiger partial charge on any atom is -0.326 e. The molecule has 2 aromatic heterocycles. The Morgan fingerprint density at radius 1 is 1.28 bits per heavy atom. The number of imidazole rings is 1. The predicted molar refractivity (Wildman–Crippen MR) is 65.9 cm³/mol. The van der Waals surface area contributed by atoms with Gasteiger partial charge in [-0.05, 0) is 31.7 Å². The van der Waals surface area contributed by atoms with Gasteiger partial charge in [-0.3, -0.25) is 4.57 Å². The van der Waals surface area contributed by atoms with Crippen molar-refractivity contribution in [3.63, 3.8) is 0 Å². The van der Waals surface area contributed by atoms with Crippen molar-refractivity contribution in [1.29, 1.82) is 0 Å². The fourth-order valence-corrected chi connectivity index (χ4v) is 2.49. The molecule has 0 aromatic carbocycles. The Kier molecular flexibility index (Phi) is 2.83. The van der Waals surface area contributed by atoms with Gasteiger partial charge in [0.15, 0.2) is 0 Å². The molecule has 0 bridgehead atoms. The second-order valence-corrected chi connectivity index (χ2v) is 4.56. The Labute approximate surface area is 105 Å². The van der Waals surface area contributed by atoms with Crippen LogP contribution in [0.5, 0.6) is 0 Å². The monoisotopic (exact) mass is 246 g/mol. The lowest BCUT2D eigenvalue weighted by Crippen LogP contribution is -2.11. The molecule has 0 aliphatic heterocycles. The number of hydrogen-bond donors (Lipinski definition) is 1. The molecule has 0 amide bonds. The SMILES string of the molecule is NCc1cc(F)cnc1-n1cnc2c1CCCC2. The molecule has 18 heavy (non-hydrogen) atoms. The predicted octanol–water partition coefficient (Wildman–Crippen LogP) is 1.74. The van der Waals surface area contributed by atoms with Crippen LogP contribution in [0.4, 0.5) is 4.39 Å². The second kappa shape index (κ2) is 4.49. The van der Waals surface area contributed by atoms with E-state index in [9.17, 15) is 4.39 Å². The Balaban J connectivity index is 2.12. The first kappa shape index (κ1) is 11.3. The Morgan fingerprint density at radius 2 is 2.11 bits per heavy atom. The van der Waals surface area contributed by atoms with Gasteiger partial charge in [0.1, 0.15) is 18.0 Å². The number of aromatic nitrogens is 3. The number of hydrogen-bond acceptors (Lipinski definition) is 3. The van der Waals surface area contributed by atoms with E-state index in [1.165, 1.54) is 24.4 Å². The van der Waals surface area contributed by atoms with Crippen LogP contribution in [-0.2, 0) is 19.4 Å². The van der Waals surface area contributed by atoms with Gasteiger partial charge in [-0.1, -0.05) is 0 Å². The van der Waals surface area contributed by atoms with Crippen molar-refractivity contribution in [2.24, 2.45) is 5.73 Å². The van der Waals surface area contributed by atoms with Crippen molar-refractivity contribution < 1.29 is 4.39 Å². The van der Waals surface area contributed by atoms with Crippen LogP contribution >= 0.6 is 0 Å². The van der Waals surface area contributed by atoms with Crippen LogP contribution in [-0.4, -0.2) is 14.5 Å². The second-order valence-electron chi connectivity index (χ2n) is 4.56. The molecule has 2 N–H and O–H groups in total. The van der Waals surface area contributed by atoms with Gasteiger partial charge in [-0.15, -0.1) is 0 Å². The number of halogens is 1. The minimum absolute atomic E-state index is 0.271. The summed E-state index contributed by atoms with van der Waals surface area (Å²) in [5.41, 5.74) is 8.69. The van der Waals surface area contributed by atoms with Gasteiger partial charge < -0.3 is 5.73 Å². The van der Waals surface area contributed by atoms with Crippen LogP contribution in [0, 0.1) is 5.82 Å². The highest BCUT2D eigenvalue weighted by atomic mass is 19.1. The number of nitrogens with zero attached hydrogens (tertiary/aromatic N) is 3. The summed E-state index contributed by atoms with van der Waals surface area (Å²) in [6, 6.07) is 1.44. The maximum atomic E-state index is 13.2. The zero-order chi connectivity index (χ0) is 12.5. The standard InChI is InChI=1S/C13H15FN4/c14-10-5-9(6-15)13(16-7-10)18-8-17-11-3-1-2-4-12(11)18/h5,7-8H,1-4,6,15H2. The van der Waals surface area contributed by atoms with E-state index in [1.807, 2.05) is 4.57 Å². The van der Waals surface area contributed by atoms with Gasteiger partial charge in [-0.25, -0.2) is 14.4 Å². The van der Waals surface area contributed by atoms with Crippen LogP contribution in [0.2, 0.25) is 0 Å². The zero-order valence-electron chi connectivity index (χ0n) is 10.1. The molecule has 5 heteroatoms. The van der Waals surface area contributed by atoms with Gasteiger partial charge >= 0.3 is 0 Å². The maximum Gasteiger partial charge on any atom is 0.142 e. The first-order valence-electron chi connectivity index (χ1n) is 6.19. The fourth-order valence-electron chi connectivity index (χ4n) is 2.49. The van der Waals surface area contributed by atoms with E-state index < -0.39 is 0 Å². The molecule has 1 aliphatic carbocycles. The Hall–Kier alpha value is -1.75. The molecule has 2 aromatic rings. The van der Waals surface area contributed by atoms with Crippen molar-refractivity contribution in [1.82, 2.24) is 14.5 Å². The summed E-state index contributed by atoms with van der Waals surface area (Å²) in [5.74, 6) is 0.350. The van der Waals surface area contributed by atoms with Crippen LogP contribution in [0.25, 0.3) is 5.82 Å². The maximum absolute atomic E-state index is 13.2. The van der Waals surface area contributed by atoms with Gasteiger partial charge in [0.05, 0.1) is 11.9 Å². The third-order valence-electron chi connectivity index (χ3n) is 3.39. The largest absolute Gasteiger partial charge is 0.326 e. The van der Waals surface area contributed by atoms with E-state index >= 15 is 0 Å². The number of aryl methyl sites for hydroxylation is 1. The zero-order valence-corrected chi connectivity index (χ0v) is 10.1. The topological polar surface area (TPSA) is 56.7 Å². The molecular weight excluding hydrogens is 231 g/mol. The third kappa shape index (κ3) is 1.80. The molecule has 0 unspecified atom stereocenters. The molecular formula is C13H15FN4. The number of rotatable bonds is 2. The first-order chi connectivity index (χ1) is 8.79. The summed E-state index contributed by atoms with van der Waals surface area (Å²) in [5, 5.41) is 0. The first-order valence-corrected chi connectivity index (χ1v) is 6.19. The van der Waals surface area contributed by atoms with Crippen molar-refractivity contribution >= 4 is 0 Å². The van der Waals surface area contributed by atoms with Crippen molar-refractivity contribution in [3.05, 3.63) is 41.4 Å². The molecule has 0 saturated heterocycles. The molecule has 0 spiro atoms. The van der Waals surface area contributed by atoms with E-state index in [4.69, 9.17) is 5.73 Å². The van der Waals surface area contributed by atoms with Crippen molar-refractivity contribution in [2.45, 2.75) is 32.2 Å². The lowest BCUT2D eigenvalue weighted by atomic mass is 10.0. The quantitative estimate of drug-likeness (QED) is 0.878. The third-order valence-corrected chi connectivity index (χ3v) is 3.39. The number of nitrogens with two attached hydrogens (primary N) is 1. The average Bonchev–Trinajstić information content (AvgIpc) is 2.82. The van der Waals surface area contributed by atoms with E-state index in [0.717, 1.165) is 25.0 Å². The average molecular weight is 246 g/mol. The summed E-state index contributed by atoms with van der Waals surface area (Å²) in [4.78, 5) is 8.59. The van der Waals surface area contributed by atoms with E-state index in [1.54, 1.807) is 6.33 Å². The van der Waals surface area contributed by atoms with Gasteiger partial charge in [0.2, 0.25) is 0 Å². The summed E-state index contributed by atoms with van der Waals surface area (Å²) in [6.07, 6.45) is 7.36.